The van der Waals surface area contributed by atoms with Crippen molar-refractivity contribution >= 4 is 5.65 Å². The largest absolute Gasteiger partial charge is 0.493 e. The van der Waals surface area contributed by atoms with Crippen molar-refractivity contribution in [2.24, 2.45) is 5.73 Å². The number of nitrogens with two attached hydrogens (primary N) is 1. The maximum Gasteiger partial charge on any atom is 0.198 e. The van der Waals surface area contributed by atoms with Gasteiger partial charge in [-0.15, -0.1) is 5.10 Å². The second-order valence-corrected chi connectivity index (χ2v) is 4.18. The maximum atomic E-state index is 5.59. The van der Waals surface area contributed by atoms with Crippen LogP contribution in [0.1, 0.15) is 5.56 Å². The highest BCUT2D eigenvalue weighted by atomic mass is 16.5. The number of methoxy groups -OCH3 is 1. The summed E-state index contributed by atoms with van der Waals surface area (Å²) in [7, 11) is 1.62. The van der Waals surface area contributed by atoms with E-state index >= 15 is 0 Å². The standard InChI is InChI=1S/C14H14N4O/c1-19-12-3-2-8-18-14(12)16-13(17-18)11-6-4-10(9-15)5-7-11/h2-8H,9,15H2,1H3. The first-order chi connectivity index (χ1) is 9.31. The zero-order valence-electron chi connectivity index (χ0n) is 10.6. The number of benzene rings is 1. The number of fused-ring (bicyclic) bond motifs is 1. The van der Waals surface area contributed by atoms with E-state index in [0.29, 0.717) is 23.8 Å². The van der Waals surface area contributed by atoms with Crippen LogP contribution >= 0.6 is 0 Å². The van der Waals surface area contributed by atoms with E-state index in [9.17, 15) is 0 Å². The Morgan fingerprint density at radius 1 is 1.21 bits per heavy atom. The number of rotatable bonds is 3. The van der Waals surface area contributed by atoms with Gasteiger partial charge in [0.1, 0.15) is 0 Å². The van der Waals surface area contributed by atoms with Crippen molar-refractivity contribution in [1.82, 2.24) is 14.6 Å². The fourth-order valence-electron chi connectivity index (χ4n) is 1.95. The monoisotopic (exact) mass is 254 g/mol. The van der Waals surface area contributed by atoms with Crippen molar-refractivity contribution in [1.29, 1.82) is 0 Å². The molecule has 2 N–H and O–H groups in total. The zero-order chi connectivity index (χ0) is 13.2. The van der Waals surface area contributed by atoms with Gasteiger partial charge in [0, 0.05) is 18.3 Å². The summed E-state index contributed by atoms with van der Waals surface area (Å²) < 4.78 is 6.99. The van der Waals surface area contributed by atoms with Crippen molar-refractivity contribution in [3.8, 4) is 17.1 Å². The minimum Gasteiger partial charge on any atom is -0.493 e. The van der Waals surface area contributed by atoms with Gasteiger partial charge >= 0.3 is 0 Å². The number of pyridine rings is 1. The van der Waals surface area contributed by atoms with Gasteiger partial charge in [0.2, 0.25) is 0 Å². The second-order valence-electron chi connectivity index (χ2n) is 4.18. The first kappa shape index (κ1) is 11.7. The molecule has 96 valence electrons. The Morgan fingerprint density at radius 3 is 2.68 bits per heavy atom. The fourth-order valence-corrected chi connectivity index (χ4v) is 1.95. The van der Waals surface area contributed by atoms with Crippen molar-refractivity contribution in [3.05, 3.63) is 48.2 Å². The van der Waals surface area contributed by atoms with E-state index in [1.807, 2.05) is 42.6 Å². The van der Waals surface area contributed by atoms with E-state index in [1.165, 1.54) is 0 Å². The van der Waals surface area contributed by atoms with Crippen LogP contribution < -0.4 is 10.5 Å². The van der Waals surface area contributed by atoms with E-state index in [2.05, 4.69) is 10.1 Å². The lowest BCUT2D eigenvalue weighted by Crippen LogP contribution is -1.95. The summed E-state index contributed by atoms with van der Waals surface area (Å²) in [5.41, 5.74) is 8.35. The van der Waals surface area contributed by atoms with Crippen LogP contribution in [0.25, 0.3) is 17.0 Å². The molecule has 0 amide bonds. The van der Waals surface area contributed by atoms with Gasteiger partial charge in [0.25, 0.3) is 0 Å². The predicted octanol–water partition coefficient (Wildman–Crippen LogP) is 1.86. The number of hydrogen-bond donors (Lipinski definition) is 1. The van der Waals surface area contributed by atoms with E-state index in [4.69, 9.17) is 10.5 Å². The molecule has 3 rings (SSSR count). The third-order valence-electron chi connectivity index (χ3n) is 2.99. The molecule has 2 aromatic heterocycles. The molecule has 0 radical (unpaired) electrons. The van der Waals surface area contributed by atoms with Gasteiger partial charge in [-0.05, 0) is 17.7 Å². The zero-order valence-corrected chi connectivity index (χ0v) is 10.6. The normalized spacial score (nSPS) is 10.8. The average molecular weight is 254 g/mol. The minimum atomic E-state index is 0.534. The molecular formula is C14H14N4O. The Morgan fingerprint density at radius 2 is 2.00 bits per heavy atom. The van der Waals surface area contributed by atoms with Crippen LogP contribution in [0.5, 0.6) is 5.75 Å². The van der Waals surface area contributed by atoms with Crippen molar-refractivity contribution in [2.75, 3.05) is 7.11 Å². The van der Waals surface area contributed by atoms with Crippen LogP contribution in [0, 0.1) is 0 Å². The number of ether oxygens (including phenoxy) is 1. The fraction of sp³-hybridized carbons (Fsp3) is 0.143. The molecule has 0 aliphatic rings. The first-order valence-corrected chi connectivity index (χ1v) is 6.00. The Bertz CT molecular complexity index is 703. The molecule has 19 heavy (non-hydrogen) atoms. The number of aromatic nitrogens is 3. The van der Waals surface area contributed by atoms with Crippen LogP contribution in [0.2, 0.25) is 0 Å². The molecule has 5 nitrogen and oxygen atoms in total. The average Bonchev–Trinajstić information content (AvgIpc) is 2.91. The highest BCUT2D eigenvalue weighted by molar-refractivity contribution is 5.62. The van der Waals surface area contributed by atoms with E-state index in [0.717, 1.165) is 11.1 Å². The summed E-state index contributed by atoms with van der Waals surface area (Å²) in [5, 5.41) is 4.44. The molecule has 0 aliphatic carbocycles. The molecule has 3 aromatic rings. The lowest BCUT2D eigenvalue weighted by atomic mass is 10.1. The van der Waals surface area contributed by atoms with Gasteiger partial charge < -0.3 is 10.5 Å². The summed E-state index contributed by atoms with van der Waals surface area (Å²) in [4.78, 5) is 4.50. The molecule has 0 bridgehead atoms. The van der Waals surface area contributed by atoms with E-state index in [1.54, 1.807) is 11.6 Å². The van der Waals surface area contributed by atoms with Crippen molar-refractivity contribution in [2.45, 2.75) is 6.54 Å². The molecule has 5 heteroatoms. The lowest BCUT2D eigenvalue weighted by molar-refractivity contribution is 0.416. The second kappa shape index (κ2) is 4.70. The van der Waals surface area contributed by atoms with Gasteiger partial charge in [-0.3, -0.25) is 0 Å². The molecule has 0 atom stereocenters. The van der Waals surface area contributed by atoms with Gasteiger partial charge in [0.05, 0.1) is 7.11 Å². The van der Waals surface area contributed by atoms with Gasteiger partial charge in [-0.1, -0.05) is 24.3 Å². The Balaban J connectivity index is 2.09. The van der Waals surface area contributed by atoms with Crippen molar-refractivity contribution < 1.29 is 4.74 Å². The third kappa shape index (κ3) is 2.04. The quantitative estimate of drug-likeness (QED) is 0.774. The van der Waals surface area contributed by atoms with E-state index < -0.39 is 0 Å². The van der Waals surface area contributed by atoms with Gasteiger partial charge in [0.15, 0.2) is 17.2 Å². The molecule has 0 saturated heterocycles. The van der Waals surface area contributed by atoms with Crippen molar-refractivity contribution in [3.63, 3.8) is 0 Å². The topological polar surface area (TPSA) is 65.4 Å². The van der Waals surface area contributed by atoms with E-state index in [-0.39, 0.29) is 0 Å². The number of hydrogen-bond acceptors (Lipinski definition) is 4. The first-order valence-electron chi connectivity index (χ1n) is 6.00. The smallest absolute Gasteiger partial charge is 0.198 e. The molecule has 2 heterocycles. The van der Waals surface area contributed by atoms with Crippen LogP contribution in [-0.2, 0) is 6.54 Å². The minimum absolute atomic E-state index is 0.534. The molecule has 0 fully saturated rings. The molecule has 0 spiro atoms. The van der Waals surface area contributed by atoms with Crippen LogP contribution in [-0.4, -0.2) is 21.7 Å². The maximum absolute atomic E-state index is 5.59. The molecule has 0 aliphatic heterocycles. The molecule has 0 unspecified atom stereocenters. The highest BCUT2D eigenvalue weighted by Crippen LogP contribution is 2.21. The predicted molar refractivity (Wildman–Crippen MR) is 72.9 cm³/mol. The van der Waals surface area contributed by atoms with Gasteiger partial charge in [-0.2, -0.15) is 0 Å². The summed E-state index contributed by atoms with van der Waals surface area (Å²) in [6, 6.07) is 11.7. The lowest BCUT2D eigenvalue weighted by Gasteiger charge is -1.98. The Labute approximate surface area is 110 Å². The van der Waals surface area contributed by atoms with Crippen LogP contribution in [0.3, 0.4) is 0 Å². The Kier molecular flexibility index (Phi) is 2.89. The van der Waals surface area contributed by atoms with Crippen LogP contribution in [0.4, 0.5) is 0 Å². The summed E-state index contributed by atoms with van der Waals surface area (Å²) in [6.07, 6.45) is 1.85. The summed E-state index contributed by atoms with van der Waals surface area (Å²) in [5.74, 6) is 1.38. The summed E-state index contributed by atoms with van der Waals surface area (Å²) in [6.45, 7) is 0.534. The Hall–Kier alpha value is -2.40. The van der Waals surface area contributed by atoms with Gasteiger partial charge in [-0.25, -0.2) is 9.50 Å². The SMILES string of the molecule is COc1cccn2nc(-c3ccc(CN)cc3)nc12. The third-order valence-corrected chi connectivity index (χ3v) is 2.99. The summed E-state index contributed by atoms with van der Waals surface area (Å²) >= 11 is 0. The number of nitrogens with zero attached hydrogens (tertiary/aromatic N) is 3. The molecular weight excluding hydrogens is 240 g/mol. The molecule has 0 saturated carbocycles. The van der Waals surface area contributed by atoms with Crippen LogP contribution in [0.15, 0.2) is 42.6 Å². The molecule has 1 aromatic carbocycles. The highest BCUT2D eigenvalue weighted by Gasteiger charge is 2.09.